The van der Waals surface area contributed by atoms with Crippen LogP contribution >= 0.6 is 0 Å². The number of piperidine rings is 1. The first kappa shape index (κ1) is 13.9. The maximum Gasteiger partial charge on any atom is 0.293 e. The molecule has 0 saturated carbocycles. The number of nitrogens with zero attached hydrogens (tertiary/aromatic N) is 2. The number of rotatable bonds is 4. The van der Waals surface area contributed by atoms with Crippen molar-refractivity contribution in [1.82, 2.24) is 4.90 Å². The lowest BCUT2D eigenvalue weighted by molar-refractivity contribution is -0.384. The number of anilines is 1. The number of nitrogens with one attached hydrogen (secondary N) is 1. The first-order chi connectivity index (χ1) is 9.52. The van der Waals surface area contributed by atoms with Crippen LogP contribution in [0.4, 0.5) is 11.4 Å². The highest BCUT2D eigenvalue weighted by Crippen LogP contribution is 2.26. The van der Waals surface area contributed by atoms with Crippen molar-refractivity contribution in [2.75, 3.05) is 5.43 Å². The molecule has 1 aromatic rings. The minimum absolute atomic E-state index is 0.0450. The van der Waals surface area contributed by atoms with Gasteiger partial charge in [-0.2, -0.15) is 0 Å². The van der Waals surface area contributed by atoms with Crippen LogP contribution in [-0.4, -0.2) is 21.6 Å². The van der Waals surface area contributed by atoms with Gasteiger partial charge in [-0.05, 0) is 18.1 Å². The number of nitrogens with two attached hydrogens (primary N) is 1. The molecule has 1 fully saturated rings. The van der Waals surface area contributed by atoms with E-state index >= 15 is 0 Å². The fourth-order valence-electron chi connectivity index (χ4n) is 2.11. The molecule has 0 aliphatic carbocycles. The van der Waals surface area contributed by atoms with Crippen molar-refractivity contribution in [2.45, 2.75) is 25.8 Å². The van der Waals surface area contributed by atoms with Crippen molar-refractivity contribution in [3.8, 4) is 0 Å². The van der Waals surface area contributed by atoms with Gasteiger partial charge in [0.1, 0.15) is 5.69 Å². The molecule has 0 bridgehead atoms. The SMILES string of the molecule is NNc1ccc(CN2C(=O)CCCC2=O)cc1[N+](=O)[O-]. The Morgan fingerprint density at radius 1 is 1.30 bits per heavy atom. The summed E-state index contributed by atoms with van der Waals surface area (Å²) in [6.45, 7) is 0.0450. The molecule has 8 nitrogen and oxygen atoms in total. The maximum atomic E-state index is 11.7. The summed E-state index contributed by atoms with van der Waals surface area (Å²) < 4.78 is 0. The molecule has 0 spiro atoms. The molecule has 1 aromatic carbocycles. The molecule has 1 aliphatic heterocycles. The Bertz CT molecular complexity index is 557. The third-order valence-electron chi connectivity index (χ3n) is 3.14. The number of imide groups is 1. The van der Waals surface area contributed by atoms with E-state index in [0.29, 0.717) is 24.8 Å². The predicted molar refractivity (Wildman–Crippen MR) is 70.3 cm³/mol. The van der Waals surface area contributed by atoms with Crippen LogP contribution in [0.2, 0.25) is 0 Å². The van der Waals surface area contributed by atoms with Crippen LogP contribution in [0.5, 0.6) is 0 Å². The highest BCUT2D eigenvalue weighted by Gasteiger charge is 2.26. The number of benzene rings is 1. The number of hydrogen-bond donors (Lipinski definition) is 2. The van der Waals surface area contributed by atoms with E-state index in [2.05, 4.69) is 5.43 Å². The minimum Gasteiger partial charge on any atom is -0.318 e. The zero-order valence-corrected chi connectivity index (χ0v) is 10.7. The molecule has 0 unspecified atom stereocenters. The average Bonchev–Trinajstić information content (AvgIpc) is 2.43. The molecular weight excluding hydrogens is 264 g/mol. The fourth-order valence-corrected chi connectivity index (χ4v) is 2.11. The van der Waals surface area contributed by atoms with Crippen molar-refractivity contribution in [2.24, 2.45) is 5.84 Å². The average molecular weight is 278 g/mol. The second-order valence-corrected chi connectivity index (χ2v) is 4.48. The monoisotopic (exact) mass is 278 g/mol. The first-order valence-electron chi connectivity index (χ1n) is 6.10. The molecular formula is C12H14N4O4. The van der Waals surface area contributed by atoms with Gasteiger partial charge in [-0.15, -0.1) is 0 Å². The van der Waals surface area contributed by atoms with E-state index in [1.165, 1.54) is 12.1 Å². The summed E-state index contributed by atoms with van der Waals surface area (Å²) in [5.41, 5.74) is 2.73. The third-order valence-corrected chi connectivity index (χ3v) is 3.14. The van der Waals surface area contributed by atoms with E-state index in [1.54, 1.807) is 6.07 Å². The predicted octanol–water partition coefficient (Wildman–Crippen LogP) is 0.919. The second-order valence-electron chi connectivity index (χ2n) is 4.48. The summed E-state index contributed by atoms with van der Waals surface area (Å²) in [4.78, 5) is 34.9. The van der Waals surface area contributed by atoms with Gasteiger partial charge in [0, 0.05) is 18.9 Å². The number of carbonyl (C=O) groups is 2. The lowest BCUT2D eigenvalue weighted by atomic mass is 10.1. The minimum atomic E-state index is -0.571. The molecule has 106 valence electrons. The highest BCUT2D eigenvalue weighted by atomic mass is 16.6. The molecule has 8 heteroatoms. The van der Waals surface area contributed by atoms with Crippen LogP contribution in [0, 0.1) is 10.1 Å². The summed E-state index contributed by atoms with van der Waals surface area (Å²) in [6.07, 6.45) is 1.22. The number of nitro benzene ring substituents is 1. The molecule has 0 aromatic heterocycles. The number of hydrogen-bond acceptors (Lipinski definition) is 6. The molecule has 0 radical (unpaired) electrons. The number of nitro groups is 1. The zero-order chi connectivity index (χ0) is 14.7. The second kappa shape index (κ2) is 5.66. The Balaban J connectivity index is 2.25. The standard InChI is InChI=1S/C12H14N4O4/c13-14-9-5-4-8(6-10(9)16(19)20)7-15-11(17)2-1-3-12(15)18/h4-6,14H,1-3,7,13H2. The van der Waals surface area contributed by atoms with Gasteiger partial charge in [0.15, 0.2) is 0 Å². The molecule has 1 heterocycles. The van der Waals surface area contributed by atoms with Crippen LogP contribution < -0.4 is 11.3 Å². The van der Waals surface area contributed by atoms with Gasteiger partial charge in [-0.25, -0.2) is 0 Å². The van der Waals surface area contributed by atoms with E-state index in [-0.39, 0.29) is 29.7 Å². The molecule has 0 atom stereocenters. The summed E-state index contributed by atoms with van der Waals surface area (Å²) in [6, 6.07) is 4.36. The Morgan fingerprint density at radius 2 is 1.95 bits per heavy atom. The van der Waals surface area contributed by atoms with Gasteiger partial charge < -0.3 is 5.43 Å². The van der Waals surface area contributed by atoms with Crippen LogP contribution in [-0.2, 0) is 16.1 Å². The van der Waals surface area contributed by atoms with Crippen molar-refractivity contribution >= 4 is 23.2 Å². The quantitative estimate of drug-likeness (QED) is 0.366. The first-order valence-corrected chi connectivity index (χ1v) is 6.10. The Hall–Kier alpha value is -2.48. The van der Waals surface area contributed by atoms with Gasteiger partial charge in [0.25, 0.3) is 5.69 Å². The lowest BCUT2D eigenvalue weighted by Gasteiger charge is -2.24. The Kier molecular flexibility index (Phi) is 3.94. The van der Waals surface area contributed by atoms with Gasteiger partial charge in [0.05, 0.1) is 11.5 Å². The smallest absolute Gasteiger partial charge is 0.293 e. The van der Waals surface area contributed by atoms with Gasteiger partial charge in [-0.3, -0.25) is 30.4 Å². The van der Waals surface area contributed by atoms with Crippen LogP contribution in [0.1, 0.15) is 24.8 Å². The van der Waals surface area contributed by atoms with Crippen molar-refractivity contribution < 1.29 is 14.5 Å². The lowest BCUT2D eigenvalue weighted by Crippen LogP contribution is -2.39. The molecule has 2 amide bonds. The topological polar surface area (TPSA) is 119 Å². The molecule has 1 saturated heterocycles. The van der Waals surface area contributed by atoms with E-state index in [0.717, 1.165) is 4.90 Å². The number of nitrogen functional groups attached to an aromatic ring is 1. The summed E-state index contributed by atoms with van der Waals surface area (Å²) >= 11 is 0. The number of likely N-dealkylation sites (tertiary alicyclic amines) is 1. The molecule has 2 rings (SSSR count). The van der Waals surface area contributed by atoms with Crippen molar-refractivity contribution in [3.63, 3.8) is 0 Å². The van der Waals surface area contributed by atoms with Crippen molar-refractivity contribution in [1.29, 1.82) is 0 Å². The van der Waals surface area contributed by atoms with Crippen LogP contribution in [0.25, 0.3) is 0 Å². The molecule has 1 aliphatic rings. The van der Waals surface area contributed by atoms with E-state index in [1.807, 2.05) is 0 Å². The summed E-state index contributed by atoms with van der Waals surface area (Å²) in [7, 11) is 0. The number of amides is 2. The normalized spacial score (nSPS) is 15.3. The summed E-state index contributed by atoms with van der Waals surface area (Å²) in [5, 5.41) is 10.9. The molecule has 20 heavy (non-hydrogen) atoms. The summed E-state index contributed by atoms with van der Waals surface area (Å²) in [5.74, 6) is 4.70. The Labute approximate surface area is 114 Å². The van der Waals surface area contributed by atoms with E-state index < -0.39 is 4.92 Å². The third kappa shape index (κ3) is 2.75. The molecule has 3 N–H and O–H groups in total. The maximum absolute atomic E-state index is 11.7. The van der Waals surface area contributed by atoms with Gasteiger partial charge in [0.2, 0.25) is 11.8 Å². The van der Waals surface area contributed by atoms with E-state index in [4.69, 9.17) is 5.84 Å². The van der Waals surface area contributed by atoms with Crippen molar-refractivity contribution in [3.05, 3.63) is 33.9 Å². The highest BCUT2D eigenvalue weighted by molar-refractivity contribution is 5.97. The van der Waals surface area contributed by atoms with Crippen LogP contribution in [0.15, 0.2) is 18.2 Å². The zero-order valence-electron chi connectivity index (χ0n) is 10.7. The van der Waals surface area contributed by atoms with Gasteiger partial charge >= 0.3 is 0 Å². The van der Waals surface area contributed by atoms with E-state index in [9.17, 15) is 19.7 Å². The fraction of sp³-hybridized carbons (Fsp3) is 0.333. The largest absolute Gasteiger partial charge is 0.318 e. The van der Waals surface area contributed by atoms with Crippen LogP contribution in [0.3, 0.4) is 0 Å². The van der Waals surface area contributed by atoms with Gasteiger partial charge in [-0.1, -0.05) is 6.07 Å². The number of hydrazine groups is 1. The number of carbonyl (C=O) groups excluding carboxylic acids is 2. The Morgan fingerprint density at radius 3 is 2.50 bits per heavy atom.